The van der Waals surface area contributed by atoms with Crippen LogP contribution in [-0.2, 0) is 0 Å². The standard InChI is InChI=1S/C29H23N7O2/c1-18-25-26(23-10-7-17-38-23)35-22-9-4-3-8-21(22)32-27(31-19-12-14-20(37-2)15-13-19)29(35)33-28(25)36(34-18)24-11-5-6-16-30-24/h3-17,26H,1-2H3,(H,31,32)/t26-/m0/s1. The van der Waals surface area contributed by atoms with Gasteiger partial charge in [0.05, 0.1) is 36.0 Å². The van der Waals surface area contributed by atoms with E-state index in [1.54, 1.807) is 24.3 Å². The van der Waals surface area contributed by atoms with Gasteiger partial charge in [0.2, 0.25) is 0 Å². The molecule has 2 aliphatic heterocycles. The van der Waals surface area contributed by atoms with Crippen LogP contribution >= 0.6 is 0 Å². The molecule has 0 saturated carbocycles. The minimum absolute atomic E-state index is 0.311. The van der Waals surface area contributed by atoms with Crippen molar-refractivity contribution in [3.63, 3.8) is 0 Å². The number of aliphatic imine (C=N–C) groups is 2. The van der Waals surface area contributed by atoms with E-state index in [2.05, 4.69) is 21.3 Å². The summed E-state index contributed by atoms with van der Waals surface area (Å²) in [6.07, 6.45) is 3.44. The predicted octanol–water partition coefficient (Wildman–Crippen LogP) is 5.97. The molecule has 0 amide bonds. The van der Waals surface area contributed by atoms with E-state index < -0.39 is 0 Å². The highest BCUT2D eigenvalue weighted by Crippen LogP contribution is 2.48. The van der Waals surface area contributed by atoms with Crippen LogP contribution in [0.25, 0.3) is 5.82 Å². The number of pyridine rings is 1. The Kier molecular flexibility index (Phi) is 5.07. The summed E-state index contributed by atoms with van der Waals surface area (Å²) in [5.41, 5.74) is 4.43. The Bertz CT molecular complexity index is 1690. The van der Waals surface area contributed by atoms with E-state index in [0.717, 1.165) is 39.8 Å². The van der Waals surface area contributed by atoms with E-state index in [9.17, 15) is 0 Å². The molecular weight excluding hydrogens is 478 g/mol. The molecule has 9 nitrogen and oxygen atoms in total. The first-order valence-corrected chi connectivity index (χ1v) is 12.2. The van der Waals surface area contributed by atoms with Crippen LogP contribution in [-0.4, -0.2) is 33.5 Å². The highest BCUT2D eigenvalue weighted by molar-refractivity contribution is 6.51. The number of aryl methyl sites for hydroxylation is 1. The molecule has 1 atom stereocenters. The molecule has 5 heterocycles. The maximum atomic E-state index is 6.02. The summed E-state index contributed by atoms with van der Waals surface area (Å²) in [4.78, 5) is 16.9. The van der Waals surface area contributed by atoms with Crippen molar-refractivity contribution in [2.45, 2.75) is 13.0 Å². The monoisotopic (exact) mass is 501 g/mol. The number of methoxy groups -OCH3 is 1. The summed E-state index contributed by atoms with van der Waals surface area (Å²) in [7, 11) is 1.65. The quantitative estimate of drug-likeness (QED) is 0.326. The zero-order valence-electron chi connectivity index (χ0n) is 20.7. The third-order valence-electron chi connectivity index (χ3n) is 6.67. The maximum absolute atomic E-state index is 6.02. The van der Waals surface area contributed by atoms with Crippen LogP contribution in [0.15, 0.2) is 106 Å². The number of furan rings is 1. The molecule has 0 fully saturated rings. The number of para-hydroxylation sites is 2. The first-order chi connectivity index (χ1) is 18.7. The second kappa shape index (κ2) is 8.74. The molecule has 5 aromatic rings. The largest absolute Gasteiger partial charge is 0.497 e. The average molecular weight is 502 g/mol. The van der Waals surface area contributed by atoms with Crippen LogP contribution < -0.4 is 15.0 Å². The van der Waals surface area contributed by atoms with Gasteiger partial charge < -0.3 is 19.4 Å². The summed E-state index contributed by atoms with van der Waals surface area (Å²) in [5, 5.41) is 8.35. The fourth-order valence-corrected chi connectivity index (χ4v) is 4.96. The van der Waals surface area contributed by atoms with Crippen LogP contribution in [0.4, 0.5) is 22.9 Å². The van der Waals surface area contributed by atoms with Crippen molar-refractivity contribution < 1.29 is 9.15 Å². The minimum atomic E-state index is -0.311. The fraction of sp³-hybridized carbons (Fsp3) is 0.103. The molecule has 0 radical (unpaired) electrons. The smallest absolute Gasteiger partial charge is 0.179 e. The summed E-state index contributed by atoms with van der Waals surface area (Å²) in [6.45, 7) is 2.00. The molecule has 1 N–H and O–H groups in total. The fourth-order valence-electron chi connectivity index (χ4n) is 4.96. The lowest BCUT2D eigenvalue weighted by Gasteiger charge is -2.39. The zero-order valence-corrected chi connectivity index (χ0v) is 20.7. The van der Waals surface area contributed by atoms with Gasteiger partial charge in [-0.3, -0.25) is 0 Å². The van der Waals surface area contributed by atoms with Gasteiger partial charge in [0.1, 0.15) is 17.6 Å². The predicted molar refractivity (Wildman–Crippen MR) is 146 cm³/mol. The normalized spacial score (nSPS) is 15.6. The molecule has 9 heteroatoms. The number of hydrogen-bond acceptors (Lipinski definition) is 8. The van der Waals surface area contributed by atoms with E-state index in [4.69, 9.17) is 24.2 Å². The van der Waals surface area contributed by atoms with Crippen molar-refractivity contribution in [1.29, 1.82) is 0 Å². The molecular formula is C29H23N7O2. The van der Waals surface area contributed by atoms with Crippen LogP contribution in [0, 0.1) is 6.92 Å². The zero-order chi connectivity index (χ0) is 25.6. The topological polar surface area (TPSA) is 93.1 Å². The number of fused-ring (bicyclic) bond motifs is 4. The van der Waals surface area contributed by atoms with Gasteiger partial charge in [-0.2, -0.15) is 9.78 Å². The third kappa shape index (κ3) is 3.47. The van der Waals surface area contributed by atoms with Crippen molar-refractivity contribution in [1.82, 2.24) is 14.8 Å². The number of nitrogens with zero attached hydrogens (tertiary/aromatic N) is 6. The summed E-state index contributed by atoms with van der Waals surface area (Å²) < 4.78 is 13.1. The van der Waals surface area contributed by atoms with Gasteiger partial charge in [-0.05, 0) is 67.6 Å². The van der Waals surface area contributed by atoms with Gasteiger partial charge in [0.15, 0.2) is 23.3 Å². The van der Waals surface area contributed by atoms with Crippen LogP contribution in [0.5, 0.6) is 5.75 Å². The van der Waals surface area contributed by atoms with E-state index in [0.29, 0.717) is 23.3 Å². The van der Waals surface area contributed by atoms with E-state index in [1.165, 1.54) is 0 Å². The van der Waals surface area contributed by atoms with Gasteiger partial charge >= 0.3 is 0 Å². The Morgan fingerprint density at radius 3 is 2.53 bits per heavy atom. The Labute approximate surface area is 218 Å². The van der Waals surface area contributed by atoms with Gasteiger partial charge in [0, 0.05) is 11.9 Å². The Hall–Kier alpha value is -5.18. The lowest BCUT2D eigenvalue weighted by molar-refractivity contribution is 0.415. The molecule has 38 heavy (non-hydrogen) atoms. The molecule has 7 rings (SSSR count). The Balaban J connectivity index is 1.46. The average Bonchev–Trinajstić information content (AvgIpc) is 3.61. The van der Waals surface area contributed by atoms with E-state index in [-0.39, 0.29) is 6.04 Å². The SMILES string of the molecule is COc1ccc(NC2=Nc3ccccc3N3C2=Nc2c(c(C)nn2-c2ccccn2)[C@@H]3c2ccco2)cc1. The van der Waals surface area contributed by atoms with Crippen molar-refractivity contribution in [3.05, 3.63) is 108 Å². The molecule has 3 aromatic heterocycles. The number of amidine groups is 2. The molecule has 2 aliphatic rings. The maximum Gasteiger partial charge on any atom is 0.179 e. The summed E-state index contributed by atoms with van der Waals surface area (Å²) in [5.74, 6) is 4.21. The summed E-state index contributed by atoms with van der Waals surface area (Å²) >= 11 is 0. The number of rotatable bonds is 4. The number of hydrogen-bond donors (Lipinski definition) is 1. The molecule has 186 valence electrons. The number of nitrogens with one attached hydrogen (secondary N) is 1. The second-order valence-electron chi connectivity index (χ2n) is 8.95. The highest BCUT2D eigenvalue weighted by atomic mass is 16.5. The Morgan fingerprint density at radius 1 is 0.921 bits per heavy atom. The minimum Gasteiger partial charge on any atom is -0.497 e. The van der Waals surface area contributed by atoms with Crippen LogP contribution in [0.2, 0.25) is 0 Å². The second-order valence-corrected chi connectivity index (χ2v) is 8.95. The number of aromatic nitrogens is 3. The third-order valence-corrected chi connectivity index (χ3v) is 6.67. The first-order valence-electron chi connectivity index (χ1n) is 12.2. The lowest BCUT2D eigenvalue weighted by Crippen LogP contribution is -2.46. The van der Waals surface area contributed by atoms with Gasteiger partial charge in [-0.1, -0.05) is 18.2 Å². The van der Waals surface area contributed by atoms with Crippen molar-refractivity contribution in [2.75, 3.05) is 17.3 Å². The molecule has 0 spiro atoms. The molecule has 0 unspecified atom stereocenters. The van der Waals surface area contributed by atoms with Crippen LogP contribution in [0.1, 0.15) is 23.1 Å². The van der Waals surface area contributed by atoms with Crippen molar-refractivity contribution in [2.24, 2.45) is 9.98 Å². The number of anilines is 2. The van der Waals surface area contributed by atoms with Gasteiger partial charge in [-0.15, -0.1) is 0 Å². The lowest BCUT2D eigenvalue weighted by atomic mass is 9.98. The Morgan fingerprint density at radius 2 is 1.76 bits per heavy atom. The highest BCUT2D eigenvalue weighted by Gasteiger charge is 2.42. The molecule has 0 saturated heterocycles. The van der Waals surface area contributed by atoms with E-state index in [1.807, 2.05) is 79.7 Å². The molecule has 0 bridgehead atoms. The van der Waals surface area contributed by atoms with Crippen molar-refractivity contribution >= 4 is 34.6 Å². The number of benzene rings is 2. The van der Waals surface area contributed by atoms with Gasteiger partial charge in [0.25, 0.3) is 0 Å². The number of ether oxygens (including phenoxy) is 1. The first kappa shape index (κ1) is 22.1. The molecule has 0 aliphatic carbocycles. The van der Waals surface area contributed by atoms with Gasteiger partial charge in [-0.25, -0.2) is 15.0 Å². The van der Waals surface area contributed by atoms with Crippen molar-refractivity contribution in [3.8, 4) is 11.6 Å². The van der Waals surface area contributed by atoms with Crippen LogP contribution in [0.3, 0.4) is 0 Å². The summed E-state index contributed by atoms with van der Waals surface area (Å²) in [6, 6.07) is 25.1. The molecule has 2 aromatic carbocycles. The van der Waals surface area contributed by atoms with E-state index >= 15 is 0 Å².